The highest BCUT2D eigenvalue weighted by Crippen LogP contribution is 2.31. The van der Waals surface area contributed by atoms with E-state index in [0.29, 0.717) is 13.0 Å². The summed E-state index contributed by atoms with van der Waals surface area (Å²) < 4.78 is 0. The Morgan fingerprint density at radius 2 is 2.00 bits per heavy atom. The number of fused-ring (bicyclic) bond motifs is 1. The molecule has 0 aliphatic carbocycles. The molecule has 5 nitrogen and oxygen atoms in total. The number of amides is 3. The van der Waals surface area contributed by atoms with Crippen molar-refractivity contribution >= 4 is 23.3 Å². The van der Waals surface area contributed by atoms with Gasteiger partial charge in [-0.05, 0) is 24.1 Å². The van der Waals surface area contributed by atoms with E-state index in [1.165, 1.54) is 11.3 Å². The van der Waals surface area contributed by atoms with Crippen LogP contribution in [-0.4, -0.2) is 32.1 Å². The number of carbonyl (C=O) groups is 2. The molecule has 1 N–H and O–H groups in total. The summed E-state index contributed by atoms with van der Waals surface area (Å²) in [7, 11) is 2.05. The summed E-state index contributed by atoms with van der Waals surface area (Å²) in [6.07, 6.45) is 1.41. The first-order valence-electron chi connectivity index (χ1n) is 6.10. The van der Waals surface area contributed by atoms with Gasteiger partial charge in [0.1, 0.15) is 0 Å². The van der Waals surface area contributed by atoms with Gasteiger partial charge in [-0.25, -0.2) is 4.79 Å². The quantitative estimate of drug-likeness (QED) is 0.806. The van der Waals surface area contributed by atoms with Crippen molar-refractivity contribution in [2.45, 2.75) is 12.8 Å². The Labute approximate surface area is 105 Å². The lowest BCUT2D eigenvalue weighted by molar-refractivity contribution is -0.120. The van der Waals surface area contributed by atoms with Crippen molar-refractivity contribution in [3.05, 3.63) is 23.8 Å². The highest BCUT2D eigenvalue weighted by Gasteiger charge is 2.25. The van der Waals surface area contributed by atoms with E-state index in [9.17, 15) is 9.59 Å². The number of anilines is 2. The van der Waals surface area contributed by atoms with E-state index >= 15 is 0 Å². The van der Waals surface area contributed by atoms with E-state index in [4.69, 9.17) is 0 Å². The lowest BCUT2D eigenvalue weighted by atomic mass is 10.1. The Morgan fingerprint density at radius 3 is 2.78 bits per heavy atom. The van der Waals surface area contributed by atoms with Crippen LogP contribution in [0.5, 0.6) is 0 Å². The number of rotatable bonds is 1. The van der Waals surface area contributed by atoms with E-state index in [1.807, 2.05) is 12.1 Å². The molecule has 1 saturated heterocycles. The monoisotopic (exact) mass is 245 g/mol. The summed E-state index contributed by atoms with van der Waals surface area (Å²) >= 11 is 0. The molecule has 94 valence electrons. The predicted octanol–water partition coefficient (Wildman–Crippen LogP) is 1.13. The van der Waals surface area contributed by atoms with Crippen molar-refractivity contribution < 1.29 is 9.59 Å². The third kappa shape index (κ3) is 1.72. The first-order chi connectivity index (χ1) is 8.65. The Bertz CT molecular complexity index is 527. The zero-order valence-corrected chi connectivity index (χ0v) is 10.3. The minimum atomic E-state index is -0.327. The zero-order chi connectivity index (χ0) is 12.7. The molecule has 5 heteroatoms. The highest BCUT2D eigenvalue weighted by molar-refractivity contribution is 6.05. The summed E-state index contributed by atoms with van der Waals surface area (Å²) in [4.78, 5) is 26.7. The molecule has 2 aliphatic heterocycles. The van der Waals surface area contributed by atoms with Gasteiger partial charge in [-0.3, -0.25) is 15.0 Å². The van der Waals surface area contributed by atoms with Gasteiger partial charge in [0.15, 0.2) is 0 Å². The van der Waals surface area contributed by atoms with E-state index in [0.717, 1.165) is 18.7 Å². The van der Waals surface area contributed by atoms with Gasteiger partial charge >= 0.3 is 6.03 Å². The molecule has 0 unspecified atom stereocenters. The predicted molar refractivity (Wildman–Crippen MR) is 68.9 cm³/mol. The molecule has 3 amide bonds. The number of benzene rings is 1. The van der Waals surface area contributed by atoms with Gasteiger partial charge in [0.2, 0.25) is 5.91 Å². The second-order valence-corrected chi connectivity index (χ2v) is 4.74. The van der Waals surface area contributed by atoms with Gasteiger partial charge in [-0.1, -0.05) is 6.07 Å². The average molecular weight is 245 g/mol. The van der Waals surface area contributed by atoms with Crippen LogP contribution < -0.4 is 15.1 Å². The summed E-state index contributed by atoms with van der Waals surface area (Å²) in [6.45, 7) is 1.47. The second kappa shape index (κ2) is 4.01. The second-order valence-electron chi connectivity index (χ2n) is 4.74. The van der Waals surface area contributed by atoms with Crippen molar-refractivity contribution in [1.82, 2.24) is 5.32 Å². The maximum absolute atomic E-state index is 11.8. The Hall–Kier alpha value is -2.04. The van der Waals surface area contributed by atoms with Gasteiger partial charge in [0.25, 0.3) is 0 Å². The number of likely N-dealkylation sites (N-methyl/N-ethyl adjacent to an activating group) is 1. The molecular formula is C13H15N3O2. The topological polar surface area (TPSA) is 52.6 Å². The summed E-state index contributed by atoms with van der Waals surface area (Å²) in [5, 5.41) is 2.34. The number of hydrogen-bond donors (Lipinski definition) is 1. The fraction of sp³-hybridized carbons (Fsp3) is 0.385. The van der Waals surface area contributed by atoms with Crippen LogP contribution in [0.25, 0.3) is 0 Å². The molecule has 18 heavy (non-hydrogen) atoms. The van der Waals surface area contributed by atoms with Gasteiger partial charge < -0.3 is 4.90 Å². The van der Waals surface area contributed by atoms with Crippen molar-refractivity contribution in [3.8, 4) is 0 Å². The Balaban J connectivity index is 1.91. The minimum Gasteiger partial charge on any atom is -0.374 e. The molecule has 0 spiro atoms. The molecule has 0 aromatic heterocycles. The van der Waals surface area contributed by atoms with Crippen molar-refractivity contribution in [3.63, 3.8) is 0 Å². The molecule has 2 heterocycles. The van der Waals surface area contributed by atoms with Crippen LogP contribution in [0.2, 0.25) is 0 Å². The van der Waals surface area contributed by atoms with Crippen LogP contribution in [0, 0.1) is 0 Å². The first kappa shape index (κ1) is 11.1. The zero-order valence-electron chi connectivity index (χ0n) is 10.3. The highest BCUT2D eigenvalue weighted by atomic mass is 16.2. The molecule has 0 atom stereocenters. The van der Waals surface area contributed by atoms with E-state index < -0.39 is 0 Å². The molecule has 0 saturated carbocycles. The van der Waals surface area contributed by atoms with Crippen LogP contribution in [-0.2, 0) is 11.2 Å². The van der Waals surface area contributed by atoms with Crippen molar-refractivity contribution in [1.29, 1.82) is 0 Å². The SMILES string of the molecule is CN1CCc2ccc(N3CCC(=O)NC3=O)cc21. The number of nitrogens with one attached hydrogen (secondary N) is 1. The smallest absolute Gasteiger partial charge is 0.328 e. The Kier molecular flexibility index (Phi) is 2.47. The van der Waals surface area contributed by atoms with Crippen molar-refractivity contribution in [2.24, 2.45) is 0 Å². The van der Waals surface area contributed by atoms with Crippen LogP contribution in [0.1, 0.15) is 12.0 Å². The fourth-order valence-electron chi connectivity index (χ4n) is 2.51. The summed E-state index contributed by atoms with van der Waals surface area (Å²) in [6, 6.07) is 5.72. The normalized spacial score (nSPS) is 18.9. The average Bonchev–Trinajstić information content (AvgIpc) is 2.71. The molecular weight excluding hydrogens is 230 g/mol. The molecule has 0 radical (unpaired) electrons. The molecule has 1 aromatic rings. The minimum absolute atomic E-state index is 0.200. The van der Waals surface area contributed by atoms with Gasteiger partial charge in [-0.15, -0.1) is 0 Å². The van der Waals surface area contributed by atoms with Crippen LogP contribution in [0.3, 0.4) is 0 Å². The van der Waals surface area contributed by atoms with Gasteiger partial charge in [0.05, 0.1) is 0 Å². The molecule has 0 bridgehead atoms. The molecule has 3 rings (SSSR count). The van der Waals surface area contributed by atoms with E-state index in [-0.39, 0.29) is 11.9 Å². The van der Waals surface area contributed by atoms with E-state index in [1.54, 1.807) is 4.90 Å². The first-order valence-corrected chi connectivity index (χ1v) is 6.10. The maximum Gasteiger partial charge on any atom is 0.328 e. The third-order valence-corrected chi connectivity index (χ3v) is 3.56. The van der Waals surface area contributed by atoms with Crippen LogP contribution in [0.4, 0.5) is 16.2 Å². The summed E-state index contributed by atoms with van der Waals surface area (Å²) in [5.41, 5.74) is 3.35. The molecule has 1 aromatic carbocycles. The van der Waals surface area contributed by atoms with Crippen LogP contribution in [0.15, 0.2) is 18.2 Å². The Morgan fingerprint density at radius 1 is 1.17 bits per heavy atom. The van der Waals surface area contributed by atoms with Gasteiger partial charge in [0, 0.05) is 37.9 Å². The fourth-order valence-corrected chi connectivity index (χ4v) is 2.51. The number of carbonyl (C=O) groups excluding carboxylic acids is 2. The number of imide groups is 1. The standard InChI is InChI=1S/C13H15N3O2/c1-15-6-4-9-2-3-10(8-11(9)15)16-7-5-12(17)14-13(16)18/h2-3,8H,4-7H2,1H3,(H,14,17,18). The lowest BCUT2D eigenvalue weighted by Gasteiger charge is -2.27. The maximum atomic E-state index is 11.8. The van der Waals surface area contributed by atoms with E-state index in [2.05, 4.69) is 23.3 Å². The molecule has 2 aliphatic rings. The van der Waals surface area contributed by atoms with Crippen molar-refractivity contribution in [2.75, 3.05) is 29.9 Å². The lowest BCUT2D eigenvalue weighted by Crippen LogP contribution is -2.49. The molecule has 1 fully saturated rings. The number of hydrogen-bond acceptors (Lipinski definition) is 3. The number of nitrogens with zero attached hydrogens (tertiary/aromatic N) is 2. The largest absolute Gasteiger partial charge is 0.374 e. The summed E-state index contributed by atoms with van der Waals surface area (Å²) in [5.74, 6) is -0.200. The van der Waals surface area contributed by atoms with Crippen LogP contribution >= 0.6 is 0 Å². The van der Waals surface area contributed by atoms with Gasteiger partial charge in [-0.2, -0.15) is 0 Å². The third-order valence-electron chi connectivity index (χ3n) is 3.56. The number of urea groups is 1.